The number of unbranched alkanes of at least 4 members (excludes halogenated alkanes) is 1. The van der Waals surface area contributed by atoms with Crippen LogP contribution in [0.15, 0.2) is 52.4 Å². The Labute approximate surface area is 234 Å². The van der Waals surface area contributed by atoms with Crippen LogP contribution in [0.5, 0.6) is 0 Å². The molecule has 0 aromatic heterocycles. The van der Waals surface area contributed by atoms with E-state index in [1.165, 1.54) is 16.3 Å². The smallest absolute Gasteiger partial charge is 0.245 e. The van der Waals surface area contributed by atoms with Gasteiger partial charge in [0.15, 0.2) is 11.9 Å². The van der Waals surface area contributed by atoms with Crippen LogP contribution in [-0.4, -0.2) is 76.4 Å². The lowest BCUT2D eigenvalue weighted by molar-refractivity contribution is -0.153. The van der Waals surface area contributed by atoms with Gasteiger partial charge >= 0.3 is 0 Å². The van der Waals surface area contributed by atoms with Gasteiger partial charge in [-0.3, -0.25) is 19.6 Å². The van der Waals surface area contributed by atoms with Crippen LogP contribution >= 0.6 is 11.8 Å². The molecular formula is C28H40N8O2S. The largest absolute Gasteiger partial charge is 0.370 e. The lowest BCUT2D eigenvalue weighted by atomic mass is 10.0. The molecule has 0 unspecified atom stereocenters. The van der Waals surface area contributed by atoms with Crippen LogP contribution in [0.25, 0.3) is 10.8 Å². The monoisotopic (exact) mass is 552 g/mol. The van der Waals surface area contributed by atoms with Crippen LogP contribution in [0.4, 0.5) is 0 Å². The molecule has 11 heteroatoms. The molecule has 2 aromatic rings. The van der Waals surface area contributed by atoms with Gasteiger partial charge < -0.3 is 32.7 Å². The maximum atomic E-state index is 13.7. The average Bonchev–Trinajstić information content (AvgIpc) is 2.90. The summed E-state index contributed by atoms with van der Waals surface area (Å²) in [5.41, 5.74) is 23.0. The third-order valence-corrected chi connectivity index (χ3v) is 8.78. The molecule has 2 saturated heterocycles. The highest BCUT2D eigenvalue weighted by Crippen LogP contribution is 2.38. The molecule has 0 saturated carbocycles. The Morgan fingerprint density at radius 3 is 2.36 bits per heavy atom. The summed E-state index contributed by atoms with van der Waals surface area (Å²) in [6.07, 6.45) is 5.11. The number of piperazine rings is 1. The van der Waals surface area contributed by atoms with Crippen LogP contribution in [0, 0.1) is 0 Å². The minimum absolute atomic E-state index is 0.0152. The van der Waals surface area contributed by atoms with Crippen molar-refractivity contribution < 1.29 is 9.59 Å². The number of rotatable bonds is 12. The van der Waals surface area contributed by atoms with Crippen molar-refractivity contribution in [3.63, 3.8) is 0 Å². The minimum Gasteiger partial charge on any atom is -0.370 e. The second kappa shape index (κ2) is 13.5. The molecule has 0 radical (unpaired) electrons. The number of benzene rings is 2. The van der Waals surface area contributed by atoms with Crippen molar-refractivity contribution in [3.8, 4) is 0 Å². The SMILES string of the molecule is NC(N)=NCCCC[C@H]1CC(=O)N2[C@H](CN(CCc3ccc4ccccc4c3)C(=O)[C@@H]2CCCN=C(N)N)S1. The number of guanidine groups is 2. The summed E-state index contributed by atoms with van der Waals surface area (Å²) in [5, 5.41) is 2.56. The Morgan fingerprint density at radius 2 is 1.62 bits per heavy atom. The molecule has 0 spiro atoms. The van der Waals surface area contributed by atoms with Gasteiger partial charge in [-0.05, 0) is 48.4 Å². The van der Waals surface area contributed by atoms with E-state index in [2.05, 4.69) is 40.3 Å². The Bertz CT molecular complexity index is 1210. The zero-order valence-corrected chi connectivity index (χ0v) is 23.2. The number of carbonyl (C=O) groups is 2. The first-order valence-corrected chi connectivity index (χ1v) is 14.6. The highest BCUT2D eigenvalue weighted by molar-refractivity contribution is 8.00. The van der Waals surface area contributed by atoms with E-state index in [9.17, 15) is 9.59 Å². The normalized spacial score (nSPS) is 21.1. The third kappa shape index (κ3) is 7.78. The van der Waals surface area contributed by atoms with E-state index >= 15 is 0 Å². The van der Waals surface area contributed by atoms with Gasteiger partial charge in [0.25, 0.3) is 0 Å². The van der Waals surface area contributed by atoms with Crippen molar-refractivity contribution in [2.75, 3.05) is 26.2 Å². The zero-order chi connectivity index (χ0) is 27.8. The van der Waals surface area contributed by atoms with Crippen molar-refractivity contribution in [1.29, 1.82) is 0 Å². The maximum Gasteiger partial charge on any atom is 0.245 e. The molecule has 2 aliphatic heterocycles. The highest BCUT2D eigenvalue weighted by atomic mass is 32.2. The fourth-order valence-electron chi connectivity index (χ4n) is 5.39. The molecule has 210 valence electrons. The van der Waals surface area contributed by atoms with Gasteiger partial charge in [-0.2, -0.15) is 0 Å². The van der Waals surface area contributed by atoms with Crippen LogP contribution in [0.3, 0.4) is 0 Å². The van der Waals surface area contributed by atoms with E-state index in [0.29, 0.717) is 45.4 Å². The summed E-state index contributed by atoms with van der Waals surface area (Å²) in [7, 11) is 0. The van der Waals surface area contributed by atoms with Crippen molar-refractivity contribution in [2.24, 2.45) is 32.9 Å². The fourth-order valence-corrected chi connectivity index (χ4v) is 7.04. The molecular weight excluding hydrogens is 512 g/mol. The first kappa shape index (κ1) is 28.5. The fraction of sp³-hybridized carbons (Fsp3) is 0.500. The van der Waals surface area contributed by atoms with Gasteiger partial charge in [0.05, 0.1) is 11.9 Å². The van der Waals surface area contributed by atoms with Gasteiger partial charge in [-0.1, -0.05) is 48.9 Å². The quantitative estimate of drug-likeness (QED) is 0.177. The maximum absolute atomic E-state index is 13.7. The highest BCUT2D eigenvalue weighted by Gasteiger charge is 2.46. The number of thioether (sulfide) groups is 1. The molecule has 4 rings (SSSR count). The summed E-state index contributed by atoms with van der Waals surface area (Å²) >= 11 is 1.82. The van der Waals surface area contributed by atoms with Gasteiger partial charge in [0.1, 0.15) is 6.04 Å². The van der Waals surface area contributed by atoms with E-state index in [1.54, 1.807) is 0 Å². The molecule has 2 fully saturated rings. The molecule has 0 aliphatic carbocycles. The van der Waals surface area contributed by atoms with Gasteiger partial charge in [0, 0.05) is 31.3 Å². The number of hydrogen-bond acceptors (Lipinski definition) is 5. The number of fused-ring (bicyclic) bond motifs is 2. The predicted octanol–water partition coefficient (Wildman–Crippen LogP) is 1.75. The van der Waals surface area contributed by atoms with Crippen molar-refractivity contribution in [1.82, 2.24) is 9.80 Å². The first-order valence-electron chi connectivity index (χ1n) is 13.7. The second-order valence-corrected chi connectivity index (χ2v) is 11.7. The zero-order valence-electron chi connectivity index (χ0n) is 22.4. The predicted molar refractivity (Wildman–Crippen MR) is 159 cm³/mol. The molecule has 2 amide bonds. The van der Waals surface area contributed by atoms with Crippen molar-refractivity contribution in [3.05, 3.63) is 48.0 Å². The van der Waals surface area contributed by atoms with Crippen LogP contribution < -0.4 is 22.9 Å². The summed E-state index contributed by atoms with van der Waals surface area (Å²) in [4.78, 5) is 38.9. The molecule has 10 nitrogen and oxygen atoms in total. The summed E-state index contributed by atoms with van der Waals surface area (Å²) < 4.78 is 0. The summed E-state index contributed by atoms with van der Waals surface area (Å²) in [5.74, 6) is 0.213. The third-order valence-electron chi connectivity index (χ3n) is 7.30. The lowest BCUT2D eigenvalue weighted by Crippen LogP contribution is -2.64. The second-order valence-electron chi connectivity index (χ2n) is 10.2. The van der Waals surface area contributed by atoms with Crippen molar-refractivity contribution >= 4 is 46.3 Å². The minimum atomic E-state index is -0.489. The topological polar surface area (TPSA) is 169 Å². The van der Waals surface area contributed by atoms with Crippen LogP contribution in [-0.2, 0) is 16.0 Å². The average molecular weight is 553 g/mol. The first-order chi connectivity index (χ1) is 18.8. The summed E-state index contributed by atoms with van der Waals surface area (Å²) in [6.45, 7) is 2.18. The standard InChI is InChI=1S/C28H40N8O2S/c29-27(30)33-13-4-3-8-22-17-24(37)36-23(9-5-14-34-28(31)32)26(38)35(18-25(36)39-22)15-12-19-10-11-20-6-1-2-7-21(20)16-19/h1-2,6-7,10-11,16,22-23,25H,3-5,8-9,12-15,17-18H2,(H4,29,30,33)(H4,31,32,34)/t22-,23-,25-/m0/s1. The van der Waals surface area contributed by atoms with Gasteiger partial charge in [-0.25, -0.2) is 0 Å². The lowest BCUT2D eigenvalue weighted by Gasteiger charge is -2.49. The molecule has 2 aromatic carbocycles. The Kier molecular flexibility index (Phi) is 9.91. The number of aliphatic imine (C=N–C) groups is 2. The van der Waals surface area contributed by atoms with E-state index in [1.807, 2.05) is 33.7 Å². The van der Waals surface area contributed by atoms with E-state index < -0.39 is 6.04 Å². The molecule has 2 aliphatic rings. The Hall–Kier alpha value is -3.47. The summed E-state index contributed by atoms with van der Waals surface area (Å²) in [6, 6.07) is 14.2. The Balaban J connectivity index is 1.43. The number of hydrogen-bond donors (Lipinski definition) is 4. The molecule has 2 heterocycles. The van der Waals surface area contributed by atoms with E-state index in [4.69, 9.17) is 22.9 Å². The van der Waals surface area contributed by atoms with Gasteiger partial charge in [-0.15, -0.1) is 11.8 Å². The Morgan fingerprint density at radius 1 is 0.897 bits per heavy atom. The number of nitrogens with two attached hydrogens (primary N) is 4. The van der Waals surface area contributed by atoms with E-state index in [0.717, 1.165) is 25.7 Å². The number of carbonyl (C=O) groups excluding carboxylic acids is 2. The van der Waals surface area contributed by atoms with Crippen LogP contribution in [0.1, 0.15) is 44.1 Å². The number of nitrogens with zero attached hydrogens (tertiary/aromatic N) is 4. The van der Waals surface area contributed by atoms with Crippen molar-refractivity contribution in [2.45, 2.75) is 61.6 Å². The number of amides is 2. The molecule has 3 atom stereocenters. The van der Waals surface area contributed by atoms with E-state index in [-0.39, 0.29) is 34.4 Å². The molecule has 39 heavy (non-hydrogen) atoms. The molecule has 8 N–H and O–H groups in total. The molecule has 0 bridgehead atoms. The van der Waals surface area contributed by atoms with Crippen LogP contribution in [0.2, 0.25) is 0 Å². The van der Waals surface area contributed by atoms with Gasteiger partial charge in [0.2, 0.25) is 11.8 Å².